The molecule has 1 saturated heterocycles. The number of hydrogen-bond acceptors (Lipinski definition) is 5. The van der Waals surface area contributed by atoms with Gasteiger partial charge in [0.2, 0.25) is 5.60 Å². The number of ether oxygens (including phenoxy) is 3. The Kier molecular flexibility index (Phi) is 3.83. The van der Waals surface area contributed by atoms with E-state index in [9.17, 15) is 13.6 Å². The Hall–Kier alpha value is -2.28. The number of para-hydroxylation sites is 1. The van der Waals surface area contributed by atoms with Crippen LogP contribution in [0.2, 0.25) is 0 Å². The van der Waals surface area contributed by atoms with Crippen molar-refractivity contribution in [3.8, 4) is 5.75 Å². The molecule has 1 aromatic carbocycles. The molecule has 0 bridgehead atoms. The van der Waals surface area contributed by atoms with Gasteiger partial charge in [0.25, 0.3) is 5.92 Å². The molecule has 2 atom stereocenters. The summed E-state index contributed by atoms with van der Waals surface area (Å²) in [5.74, 6) is -4.59. The smallest absolute Gasteiger partial charge is 0.345 e. The minimum atomic E-state index is -3.14. The van der Waals surface area contributed by atoms with E-state index in [0.29, 0.717) is 12.2 Å². The maximum Gasteiger partial charge on any atom is 0.345 e. The van der Waals surface area contributed by atoms with Crippen molar-refractivity contribution in [1.29, 1.82) is 0 Å². The molecular formula is C18H17F2NO4. The Morgan fingerprint density at radius 3 is 2.96 bits per heavy atom. The highest BCUT2D eigenvalue weighted by molar-refractivity contribution is 5.87. The first kappa shape index (κ1) is 16.2. The van der Waals surface area contributed by atoms with Gasteiger partial charge >= 0.3 is 5.97 Å². The summed E-state index contributed by atoms with van der Waals surface area (Å²) in [7, 11) is 0. The van der Waals surface area contributed by atoms with Gasteiger partial charge in [0.15, 0.2) is 0 Å². The Labute approximate surface area is 142 Å². The third kappa shape index (κ3) is 2.45. The van der Waals surface area contributed by atoms with Gasteiger partial charge in [-0.1, -0.05) is 12.1 Å². The highest BCUT2D eigenvalue weighted by Crippen LogP contribution is 2.65. The predicted molar refractivity (Wildman–Crippen MR) is 84.6 cm³/mol. The number of halogens is 2. The molecule has 1 aliphatic heterocycles. The number of esters is 1. The zero-order valence-corrected chi connectivity index (χ0v) is 13.4. The summed E-state index contributed by atoms with van der Waals surface area (Å²) in [6.45, 7) is 0.0934. The number of fused-ring (bicyclic) bond motifs is 2. The van der Waals surface area contributed by atoms with Crippen LogP contribution in [-0.4, -0.2) is 42.3 Å². The molecule has 4 rings (SSSR count). The first-order chi connectivity index (χ1) is 12.1. The number of benzene rings is 1. The van der Waals surface area contributed by atoms with Crippen LogP contribution in [0, 0.1) is 5.92 Å². The zero-order chi connectivity index (χ0) is 17.5. The highest BCUT2D eigenvalue weighted by Gasteiger charge is 2.87. The molecule has 0 spiro atoms. The number of nitrogens with zero attached hydrogens (tertiary/aromatic N) is 1. The summed E-state index contributed by atoms with van der Waals surface area (Å²) in [5.41, 5.74) is -1.29. The fraction of sp³-hybridized carbons (Fsp3) is 0.444. The van der Waals surface area contributed by atoms with E-state index in [2.05, 4.69) is 4.98 Å². The van der Waals surface area contributed by atoms with Crippen LogP contribution in [-0.2, 0) is 14.3 Å². The second-order valence-electron chi connectivity index (χ2n) is 6.21. The van der Waals surface area contributed by atoms with Gasteiger partial charge in [-0.15, -0.1) is 0 Å². The monoisotopic (exact) mass is 349 g/mol. The second kappa shape index (κ2) is 5.91. The van der Waals surface area contributed by atoms with E-state index in [1.807, 2.05) is 24.3 Å². The van der Waals surface area contributed by atoms with Crippen LogP contribution in [0.4, 0.5) is 8.78 Å². The Bertz CT molecular complexity index is 807. The Balaban J connectivity index is 1.35. The number of carbonyl (C=O) groups excluding carboxylic acids is 1. The Morgan fingerprint density at radius 2 is 2.12 bits per heavy atom. The van der Waals surface area contributed by atoms with Gasteiger partial charge in [0, 0.05) is 18.2 Å². The fourth-order valence-corrected chi connectivity index (χ4v) is 3.48. The van der Waals surface area contributed by atoms with Gasteiger partial charge in [-0.25, -0.2) is 13.6 Å². The van der Waals surface area contributed by atoms with E-state index >= 15 is 0 Å². The number of rotatable bonds is 5. The maximum absolute atomic E-state index is 13.9. The minimum Gasteiger partial charge on any atom is -0.489 e. The predicted octanol–water partition coefficient (Wildman–Crippen LogP) is 2.97. The van der Waals surface area contributed by atoms with Gasteiger partial charge in [-0.05, 0) is 31.0 Å². The molecule has 132 valence electrons. The van der Waals surface area contributed by atoms with Crippen LogP contribution in [0.3, 0.4) is 0 Å². The molecule has 2 fully saturated rings. The highest BCUT2D eigenvalue weighted by atomic mass is 19.3. The molecular weight excluding hydrogens is 332 g/mol. The molecule has 25 heavy (non-hydrogen) atoms. The average molecular weight is 349 g/mol. The molecule has 0 radical (unpaired) electrons. The Morgan fingerprint density at radius 1 is 1.28 bits per heavy atom. The molecule has 1 saturated carbocycles. The van der Waals surface area contributed by atoms with Crippen molar-refractivity contribution < 1.29 is 27.8 Å². The lowest BCUT2D eigenvalue weighted by Gasteiger charge is -2.20. The minimum absolute atomic E-state index is 0.0616. The first-order valence-electron chi connectivity index (χ1n) is 8.23. The van der Waals surface area contributed by atoms with Crippen molar-refractivity contribution in [2.75, 3.05) is 19.8 Å². The van der Waals surface area contributed by atoms with E-state index in [1.54, 1.807) is 12.3 Å². The van der Waals surface area contributed by atoms with Gasteiger partial charge in [-0.3, -0.25) is 4.98 Å². The van der Waals surface area contributed by atoms with Crippen LogP contribution in [0.15, 0.2) is 36.5 Å². The van der Waals surface area contributed by atoms with Crippen molar-refractivity contribution in [2.45, 2.75) is 24.4 Å². The van der Waals surface area contributed by atoms with E-state index in [-0.39, 0.29) is 26.2 Å². The quantitative estimate of drug-likeness (QED) is 0.614. The van der Waals surface area contributed by atoms with Gasteiger partial charge in [0.1, 0.15) is 19.0 Å². The maximum atomic E-state index is 13.9. The van der Waals surface area contributed by atoms with Crippen LogP contribution in [0.25, 0.3) is 10.9 Å². The number of carbonyl (C=O) groups is 1. The summed E-state index contributed by atoms with van der Waals surface area (Å²) < 4.78 is 43.5. The zero-order valence-electron chi connectivity index (χ0n) is 13.4. The SMILES string of the molecule is O=C(OCCOc1ccnc2ccccc12)C12OCCCC1C2(F)F. The van der Waals surface area contributed by atoms with Gasteiger partial charge < -0.3 is 14.2 Å². The van der Waals surface area contributed by atoms with Gasteiger partial charge in [0.05, 0.1) is 11.4 Å². The van der Waals surface area contributed by atoms with Crippen LogP contribution >= 0.6 is 0 Å². The standard InChI is InChI=1S/C18H17F2NO4/c19-18(20)15-6-3-9-25-17(15,18)16(22)24-11-10-23-14-7-8-21-13-5-2-1-4-12(13)14/h1-2,4-5,7-8,15H,3,6,9-11H2. The van der Waals surface area contributed by atoms with Crippen molar-refractivity contribution in [3.05, 3.63) is 36.5 Å². The molecule has 2 unspecified atom stereocenters. The molecule has 0 N–H and O–H groups in total. The summed E-state index contributed by atoms with van der Waals surface area (Å²) in [6, 6.07) is 9.17. The number of pyridine rings is 1. The lowest BCUT2D eigenvalue weighted by Crippen LogP contribution is -2.38. The third-order valence-electron chi connectivity index (χ3n) is 4.79. The van der Waals surface area contributed by atoms with Crippen LogP contribution in [0.5, 0.6) is 5.75 Å². The molecule has 2 aliphatic rings. The lowest BCUT2D eigenvalue weighted by molar-refractivity contribution is -0.172. The fourth-order valence-electron chi connectivity index (χ4n) is 3.48. The molecule has 2 heterocycles. The third-order valence-corrected chi connectivity index (χ3v) is 4.79. The van der Waals surface area contributed by atoms with Crippen LogP contribution < -0.4 is 4.74 Å². The van der Waals surface area contributed by atoms with Crippen molar-refractivity contribution >= 4 is 16.9 Å². The normalized spacial score (nSPS) is 26.7. The lowest BCUT2D eigenvalue weighted by atomic mass is 10.1. The average Bonchev–Trinajstić information content (AvgIpc) is 3.16. The van der Waals surface area contributed by atoms with E-state index < -0.39 is 23.4 Å². The summed E-state index contributed by atoms with van der Waals surface area (Å²) in [6.07, 6.45) is 2.43. The topological polar surface area (TPSA) is 57.7 Å². The van der Waals surface area contributed by atoms with Crippen LogP contribution in [0.1, 0.15) is 12.8 Å². The van der Waals surface area contributed by atoms with Crippen molar-refractivity contribution in [3.63, 3.8) is 0 Å². The molecule has 1 aliphatic carbocycles. The molecule has 7 heteroatoms. The van der Waals surface area contributed by atoms with Crippen molar-refractivity contribution in [2.24, 2.45) is 5.92 Å². The summed E-state index contributed by atoms with van der Waals surface area (Å²) >= 11 is 0. The van der Waals surface area contributed by atoms with E-state index in [4.69, 9.17) is 14.2 Å². The second-order valence-corrected chi connectivity index (χ2v) is 6.21. The van der Waals surface area contributed by atoms with E-state index in [1.165, 1.54) is 0 Å². The molecule has 2 aromatic rings. The summed E-state index contributed by atoms with van der Waals surface area (Å²) in [4.78, 5) is 16.3. The van der Waals surface area contributed by atoms with Crippen molar-refractivity contribution in [1.82, 2.24) is 4.98 Å². The largest absolute Gasteiger partial charge is 0.489 e. The summed E-state index contributed by atoms with van der Waals surface area (Å²) in [5, 5.41) is 0.833. The number of aromatic nitrogens is 1. The first-order valence-corrected chi connectivity index (χ1v) is 8.23. The number of alkyl halides is 2. The molecule has 5 nitrogen and oxygen atoms in total. The number of hydrogen-bond donors (Lipinski definition) is 0. The molecule has 0 amide bonds. The van der Waals surface area contributed by atoms with Gasteiger partial charge in [-0.2, -0.15) is 0 Å². The van der Waals surface area contributed by atoms with E-state index in [0.717, 1.165) is 10.9 Å². The molecule has 1 aromatic heterocycles.